The normalized spacial score (nSPS) is 12.2. The Morgan fingerprint density at radius 3 is 2.50 bits per heavy atom. The van der Waals surface area contributed by atoms with E-state index in [1.807, 2.05) is 36.5 Å². The summed E-state index contributed by atoms with van der Waals surface area (Å²) in [5.41, 5.74) is 5.07. The van der Waals surface area contributed by atoms with Crippen molar-refractivity contribution >= 4 is 10.9 Å². The summed E-state index contributed by atoms with van der Waals surface area (Å²) in [4.78, 5) is 8.65. The van der Waals surface area contributed by atoms with Crippen LogP contribution in [-0.4, -0.2) is 15.1 Å². The molecule has 3 heteroatoms. The molecule has 26 heavy (non-hydrogen) atoms. The van der Waals surface area contributed by atoms with E-state index in [0.29, 0.717) is 5.52 Å². The van der Waals surface area contributed by atoms with E-state index in [4.69, 9.17) is 0 Å². The number of pyridine rings is 2. The second-order valence-corrected chi connectivity index (χ2v) is 6.61. The predicted molar refractivity (Wildman–Crippen MR) is 104 cm³/mol. The number of hydrogen-bond acceptors (Lipinski definition) is 3. The second kappa shape index (κ2) is 6.96. The molecule has 0 saturated carbocycles. The van der Waals surface area contributed by atoms with Crippen LogP contribution in [0.5, 0.6) is 5.75 Å². The molecule has 2 aromatic carbocycles. The highest BCUT2D eigenvalue weighted by atomic mass is 16.3. The van der Waals surface area contributed by atoms with Gasteiger partial charge in [-0.1, -0.05) is 54.1 Å². The minimum atomic E-state index is 0.0119. The number of nitrogens with zero attached hydrogens (tertiary/aromatic N) is 2. The molecule has 0 amide bonds. The molecular weight excluding hydrogens is 320 g/mol. The topological polar surface area (TPSA) is 46.0 Å². The smallest absolute Gasteiger partial charge is 0.145 e. The maximum absolute atomic E-state index is 10.9. The average Bonchev–Trinajstić information content (AvgIpc) is 2.69. The van der Waals surface area contributed by atoms with E-state index in [-0.39, 0.29) is 11.7 Å². The van der Waals surface area contributed by atoms with Gasteiger partial charge in [0, 0.05) is 35.5 Å². The van der Waals surface area contributed by atoms with Gasteiger partial charge in [-0.25, -0.2) is 0 Å². The van der Waals surface area contributed by atoms with Gasteiger partial charge < -0.3 is 5.11 Å². The molecule has 0 fully saturated rings. The van der Waals surface area contributed by atoms with Crippen LogP contribution in [0.15, 0.2) is 79.3 Å². The van der Waals surface area contributed by atoms with Crippen molar-refractivity contribution in [2.24, 2.45) is 0 Å². The lowest BCUT2D eigenvalue weighted by atomic mass is 9.85. The third-order valence-electron chi connectivity index (χ3n) is 4.80. The van der Waals surface area contributed by atoms with Crippen LogP contribution in [0.1, 0.15) is 28.2 Å². The van der Waals surface area contributed by atoms with Gasteiger partial charge in [-0.2, -0.15) is 0 Å². The molecule has 4 rings (SSSR count). The summed E-state index contributed by atoms with van der Waals surface area (Å²) in [6, 6.07) is 20.4. The van der Waals surface area contributed by atoms with Gasteiger partial charge in [0.05, 0.1) is 0 Å². The van der Waals surface area contributed by atoms with Gasteiger partial charge in [0.15, 0.2) is 0 Å². The van der Waals surface area contributed by atoms with Crippen LogP contribution in [0.3, 0.4) is 0 Å². The number of phenolic OH excluding ortho intramolecular Hbond substituents is 1. The number of hydrogen-bond donors (Lipinski definition) is 1. The van der Waals surface area contributed by atoms with E-state index >= 15 is 0 Å². The quantitative estimate of drug-likeness (QED) is 0.567. The molecule has 2 heterocycles. The summed E-state index contributed by atoms with van der Waals surface area (Å²) in [6.07, 6.45) is 6.15. The highest BCUT2D eigenvalue weighted by molar-refractivity contribution is 5.85. The standard InChI is InChI=1S/C23H20N2O/c1-16-6-8-17(9-7-16)14-21(19-5-2-12-24-15-19)20-11-10-18-4-3-13-25-22(18)23(20)26/h2-13,15,21,26H,14H2,1H3. The van der Waals surface area contributed by atoms with Crippen LogP contribution in [0, 0.1) is 6.92 Å². The molecule has 1 unspecified atom stereocenters. The Bertz CT molecular complexity index is 1030. The Hall–Kier alpha value is -3.20. The third-order valence-corrected chi connectivity index (χ3v) is 4.80. The molecule has 0 radical (unpaired) electrons. The maximum Gasteiger partial charge on any atom is 0.145 e. The maximum atomic E-state index is 10.9. The van der Waals surface area contributed by atoms with Gasteiger partial charge >= 0.3 is 0 Å². The predicted octanol–water partition coefficient (Wildman–Crippen LogP) is 5.02. The highest BCUT2D eigenvalue weighted by Crippen LogP contribution is 2.37. The van der Waals surface area contributed by atoms with Crippen molar-refractivity contribution in [1.82, 2.24) is 9.97 Å². The first-order valence-electron chi connectivity index (χ1n) is 8.74. The Labute approximate surface area is 153 Å². The van der Waals surface area contributed by atoms with Crippen molar-refractivity contribution < 1.29 is 5.11 Å². The molecule has 0 aliphatic carbocycles. The molecule has 0 spiro atoms. The van der Waals surface area contributed by atoms with Crippen molar-refractivity contribution in [1.29, 1.82) is 0 Å². The molecule has 1 N–H and O–H groups in total. The zero-order valence-electron chi connectivity index (χ0n) is 14.6. The van der Waals surface area contributed by atoms with Crippen molar-refractivity contribution in [2.75, 3.05) is 0 Å². The van der Waals surface area contributed by atoms with Crippen LogP contribution in [0.4, 0.5) is 0 Å². The first kappa shape index (κ1) is 16.3. The first-order valence-corrected chi connectivity index (χ1v) is 8.74. The highest BCUT2D eigenvalue weighted by Gasteiger charge is 2.20. The number of benzene rings is 2. The third kappa shape index (κ3) is 3.16. The van der Waals surface area contributed by atoms with Crippen LogP contribution < -0.4 is 0 Å². The summed E-state index contributed by atoms with van der Waals surface area (Å²) in [6.45, 7) is 2.09. The molecule has 4 aromatic rings. The van der Waals surface area contributed by atoms with E-state index < -0.39 is 0 Å². The Balaban J connectivity index is 1.83. The SMILES string of the molecule is Cc1ccc(CC(c2cccnc2)c2ccc3cccnc3c2O)cc1. The number of aromatic hydroxyl groups is 1. The summed E-state index contributed by atoms with van der Waals surface area (Å²) < 4.78 is 0. The van der Waals surface area contributed by atoms with E-state index in [9.17, 15) is 5.11 Å². The Morgan fingerprint density at radius 2 is 1.73 bits per heavy atom. The van der Waals surface area contributed by atoms with Crippen molar-refractivity contribution in [3.05, 3.63) is 102 Å². The summed E-state index contributed by atoms with van der Waals surface area (Å²) >= 11 is 0. The van der Waals surface area contributed by atoms with Crippen molar-refractivity contribution in [2.45, 2.75) is 19.3 Å². The van der Waals surface area contributed by atoms with E-state index in [2.05, 4.69) is 47.2 Å². The molecule has 0 bridgehead atoms. The second-order valence-electron chi connectivity index (χ2n) is 6.61. The van der Waals surface area contributed by atoms with Gasteiger partial charge in [0.25, 0.3) is 0 Å². The lowest BCUT2D eigenvalue weighted by molar-refractivity contribution is 0.469. The molecule has 2 aromatic heterocycles. The lowest BCUT2D eigenvalue weighted by Gasteiger charge is -2.20. The van der Waals surface area contributed by atoms with Crippen molar-refractivity contribution in [3.63, 3.8) is 0 Å². The lowest BCUT2D eigenvalue weighted by Crippen LogP contribution is -2.06. The fourth-order valence-corrected chi connectivity index (χ4v) is 3.38. The molecule has 0 aliphatic rings. The monoisotopic (exact) mass is 340 g/mol. The van der Waals surface area contributed by atoms with E-state index in [0.717, 1.165) is 22.9 Å². The van der Waals surface area contributed by atoms with Crippen LogP contribution >= 0.6 is 0 Å². The van der Waals surface area contributed by atoms with Gasteiger partial charge in [-0.05, 0) is 36.6 Å². The fraction of sp³-hybridized carbons (Fsp3) is 0.130. The summed E-state index contributed by atoms with van der Waals surface area (Å²) in [5, 5.41) is 11.9. The van der Waals surface area contributed by atoms with E-state index in [1.54, 1.807) is 12.4 Å². The minimum absolute atomic E-state index is 0.0119. The Morgan fingerprint density at radius 1 is 0.923 bits per heavy atom. The number of rotatable bonds is 4. The first-order chi connectivity index (χ1) is 12.7. The Kier molecular flexibility index (Phi) is 4.36. The van der Waals surface area contributed by atoms with Crippen LogP contribution in [-0.2, 0) is 6.42 Å². The largest absolute Gasteiger partial charge is 0.505 e. The number of aryl methyl sites for hydroxylation is 1. The number of fused-ring (bicyclic) bond motifs is 1. The molecular formula is C23H20N2O. The van der Waals surface area contributed by atoms with E-state index in [1.165, 1.54) is 11.1 Å². The van der Waals surface area contributed by atoms with Crippen LogP contribution in [0.2, 0.25) is 0 Å². The number of aromatic nitrogens is 2. The summed E-state index contributed by atoms with van der Waals surface area (Å²) in [5.74, 6) is 0.266. The zero-order chi connectivity index (χ0) is 17.9. The van der Waals surface area contributed by atoms with Gasteiger partial charge in [0.1, 0.15) is 11.3 Å². The van der Waals surface area contributed by atoms with Crippen molar-refractivity contribution in [3.8, 4) is 5.75 Å². The van der Waals surface area contributed by atoms with Gasteiger partial charge in [-0.15, -0.1) is 0 Å². The molecule has 3 nitrogen and oxygen atoms in total. The average molecular weight is 340 g/mol. The number of phenols is 1. The molecule has 128 valence electrons. The summed E-state index contributed by atoms with van der Waals surface area (Å²) in [7, 11) is 0. The van der Waals surface area contributed by atoms with Gasteiger partial charge in [-0.3, -0.25) is 9.97 Å². The minimum Gasteiger partial charge on any atom is -0.505 e. The zero-order valence-corrected chi connectivity index (χ0v) is 14.6. The fourth-order valence-electron chi connectivity index (χ4n) is 3.38. The molecule has 0 saturated heterocycles. The molecule has 1 atom stereocenters. The van der Waals surface area contributed by atoms with Crippen LogP contribution in [0.25, 0.3) is 10.9 Å². The molecule has 0 aliphatic heterocycles. The van der Waals surface area contributed by atoms with Gasteiger partial charge in [0.2, 0.25) is 0 Å².